The number of pyridine rings is 2. The van der Waals surface area contributed by atoms with Crippen LogP contribution in [0.4, 0.5) is 0 Å². The molecule has 4 heterocycles. The quantitative estimate of drug-likeness (QED) is 0.248. The molecule has 5 nitrogen and oxygen atoms in total. The zero-order chi connectivity index (χ0) is 26.0. The van der Waals surface area contributed by atoms with Crippen molar-refractivity contribution >= 4 is 33.2 Å². The van der Waals surface area contributed by atoms with Crippen molar-refractivity contribution in [3.8, 4) is 28.2 Å². The largest absolute Gasteiger partial charge is 0.435 e. The van der Waals surface area contributed by atoms with Gasteiger partial charge in [0.25, 0.3) is 0 Å². The Morgan fingerprint density at radius 2 is 1.45 bits per heavy atom. The van der Waals surface area contributed by atoms with E-state index in [0.717, 1.165) is 50.3 Å². The van der Waals surface area contributed by atoms with Crippen LogP contribution in [-0.2, 0) is 0 Å². The second kappa shape index (κ2) is 8.38. The third-order valence-electron chi connectivity index (χ3n) is 7.28. The Bertz CT molecular complexity index is 1990. The van der Waals surface area contributed by atoms with Gasteiger partial charge in [-0.25, -0.2) is 9.97 Å². The summed E-state index contributed by atoms with van der Waals surface area (Å²) in [6.45, 7) is 8.41. The van der Waals surface area contributed by atoms with E-state index in [-0.39, 0.29) is 0 Å². The Labute approximate surface area is 220 Å². The summed E-state index contributed by atoms with van der Waals surface area (Å²) in [4.78, 5) is 14.5. The Balaban J connectivity index is 1.53. The summed E-state index contributed by atoms with van der Waals surface area (Å²) < 4.78 is 8.66. The van der Waals surface area contributed by atoms with E-state index in [1.54, 1.807) is 0 Å². The van der Waals surface area contributed by atoms with Gasteiger partial charge in [0.2, 0.25) is 5.71 Å². The summed E-state index contributed by atoms with van der Waals surface area (Å²) in [6.07, 6.45) is 1.84. The molecule has 0 radical (unpaired) electrons. The average Bonchev–Trinajstić information content (AvgIpc) is 3.47. The van der Waals surface area contributed by atoms with Crippen LogP contribution in [0.15, 0.2) is 89.5 Å². The lowest BCUT2D eigenvalue weighted by atomic mass is 9.98. The van der Waals surface area contributed by atoms with Crippen molar-refractivity contribution in [2.45, 2.75) is 27.7 Å². The highest BCUT2D eigenvalue weighted by atomic mass is 16.3. The molecule has 5 heteroatoms. The predicted octanol–water partition coefficient (Wildman–Crippen LogP) is 8.28. The lowest BCUT2D eigenvalue weighted by molar-refractivity contribution is 0.652. The molecule has 0 aliphatic carbocycles. The number of nitrogens with zero attached hydrogens (tertiary/aromatic N) is 4. The highest BCUT2D eigenvalue weighted by molar-refractivity contribution is 6.07. The van der Waals surface area contributed by atoms with Crippen LogP contribution < -0.4 is 0 Å². The highest BCUT2D eigenvalue weighted by Gasteiger charge is 2.23. The summed E-state index contributed by atoms with van der Waals surface area (Å²) in [6, 6.07) is 27.4. The number of rotatable bonds is 3. The summed E-state index contributed by atoms with van der Waals surface area (Å²) >= 11 is 0. The van der Waals surface area contributed by atoms with Crippen LogP contribution in [0.1, 0.15) is 22.4 Å². The molecule has 7 aromatic rings. The van der Waals surface area contributed by atoms with E-state index in [1.807, 2.05) is 31.3 Å². The van der Waals surface area contributed by atoms with E-state index in [4.69, 9.17) is 14.4 Å². The van der Waals surface area contributed by atoms with Gasteiger partial charge < -0.3 is 4.42 Å². The smallest absolute Gasteiger partial charge is 0.229 e. The van der Waals surface area contributed by atoms with Crippen molar-refractivity contribution in [3.63, 3.8) is 0 Å². The Morgan fingerprint density at radius 1 is 0.711 bits per heavy atom. The second-order valence-electron chi connectivity index (χ2n) is 9.98. The van der Waals surface area contributed by atoms with Gasteiger partial charge in [-0.05, 0) is 91.9 Å². The van der Waals surface area contributed by atoms with Crippen molar-refractivity contribution in [3.05, 3.63) is 107 Å². The fourth-order valence-corrected chi connectivity index (χ4v) is 5.71. The summed E-state index contributed by atoms with van der Waals surface area (Å²) in [7, 11) is 0. The van der Waals surface area contributed by atoms with Gasteiger partial charge in [0.1, 0.15) is 11.3 Å². The molecule has 0 spiro atoms. The van der Waals surface area contributed by atoms with E-state index in [1.165, 1.54) is 22.3 Å². The van der Waals surface area contributed by atoms with Crippen LogP contribution in [0, 0.1) is 27.7 Å². The van der Waals surface area contributed by atoms with E-state index in [0.29, 0.717) is 11.3 Å². The number of imidazole rings is 1. The minimum Gasteiger partial charge on any atom is -0.435 e. The molecule has 0 aliphatic heterocycles. The minimum atomic E-state index is 0.611. The van der Waals surface area contributed by atoms with Gasteiger partial charge in [-0.3, -0.25) is 9.55 Å². The molecule has 4 aromatic heterocycles. The number of furan rings is 1. The second-order valence-corrected chi connectivity index (χ2v) is 9.98. The van der Waals surface area contributed by atoms with Crippen molar-refractivity contribution in [2.75, 3.05) is 0 Å². The molecular weight excluding hydrogens is 468 g/mol. The molecule has 0 fully saturated rings. The zero-order valence-corrected chi connectivity index (χ0v) is 21.8. The SMILES string of the molecule is Cc1cc(C)c2c(n1)oc1c(-c3nc4ccccc4n3-c3c(C)cc(-c4ccccc4)cc3C)ccnc12. The number of hydrogen-bond acceptors (Lipinski definition) is 4. The first-order valence-corrected chi connectivity index (χ1v) is 12.8. The molecule has 184 valence electrons. The zero-order valence-electron chi connectivity index (χ0n) is 21.8. The molecule has 3 aromatic carbocycles. The topological polar surface area (TPSA) is 56.7 Å². The van der Waals surface area contributed by atoms with Crippen molar-refractivity contribution in [2.24, 2.45) is 0 Å². The molecule has 0 amide bonds. The van der Waals surface area contributed by atoms with Crippen molar-refractivity contribution < 1.29 is 4.42 Å². The lowest BCUT2D eigenvalue weighted by Gasteiger charge is -2.17. The molecule has 0 bridgehead atoms. The fraction of sp³-hybridized carbons (Fsp3) is 0.121. The van der Waals surface area contributed by atoms with Crippen molar-refractivity contribution in [1.29, 1.82) is 0 Å². The highest BCUT2D eigenvalue weighted by Crippen LogP contribution is 2.39. The summed E-state index contributed by atoms with van der Waals surface area (Å²) in [5.74, 6) is 0.825. The first kappa shape index (κ1) is 22.4. The first-order chi connectivity index (χ1) is 18.5. The molecule has 0 N–H and O–H groups in total. The Morgan fingerprint density at radius 3 is 2.24 bits per heavy atom. The third kappa shape index (κ3) is 3.36. The maximum absolute atomic E-state index is 6.40. The Kier molecular flexibility index (Phi) is 4.95. The molecule has 0 unspecified atom stereocenters. The van der Waals surface area contributed by atoms with E-state index in [9.17, 15) is 0 Å². The van der Waals surface area contributed by atoms with Gasteiger partial charge in [0.15, 0.2) is 5.58 Å². The first-order valence-electron chi connectivity index (χ1n) is 12.8. The van der Waals surface area contributed by atoms with Crippen LogP contribution in [0.2, 0.25) is 0 Å². The number of aryl methyl sites for hydroxylation is 4. The Hall–Kier alpha value is -4.77. The standard InChI is InChI=1S/C33H26N4O/c1-19-16-22(4)35-33-28(19)29-31(38-33)25(14-15-34-29)32-36-26-12-8-9-13-27(26)37(32)30-20(2)17-24(18-21(30)3)23-10-6-5-7-11-23/h5-18H,1-4H3. The lowest BCUT2D eigenvalue weighted by Crippen LogP contribution is -2.03. The van der Waals surface area contributed by atoms with Gasteiger partial charge in [-0.15, -0.1) is 0 Å². The third-order valence-corrected chi connectivity index (χ3v) is 7.28. The summed E-state index contributed by atoms with van der Waals surface area (Å²) in [5.41, 5.74) is 12.9. The fourth-order valence-electron chi connectivity index (χ4n) is 5.71. The number of benzene rings is 3. The van der Waals surface area contributed by atoms with Crippen LogP contribution in [0.25, 0.3) is 61.4 Å². The molecule has 0 saturated heterocycles. The number of para-hydroxylation sites is 2. The van der Waals surface area contributed by atoms with E-state index < -0.39 is 0 Å². The molecule has 7 rings (SSSR count). The summed E-state index contributed by atoms with van der Waals surface area (Å²) in [5, 5.41) is 0.953. The molecule has 0 aliphatic rings. The minimum absolute atomic E-state index is 0.611. The average molecular weight is 495 g/mol. The van der Waals surface area contributed by atoms with Gasteiger partial charge in [-0.2, -0.15) is 0 Å². The van der Waals surface area contributed by atoms with Gasteiger partial charge in [0.05, 0.1) is 27.7 Å². The van der Waals surface area contributed by atoms with Crippen molar-refractivity contribution in [1.82, 2.24) is 19.5 Å². The maximum atomic E-state index is 6.40. The van der Waals surface area contributed by atoms with Crippen LogP contribution in [0.5, 0.6) is 0 Å². The normalized spacial score (nSPS) is 11.7. The number of aromatic nitrogens is 4. The van der Waals surface area contributed by atoms with E-state index in [2.05, 4.69) is 91.0 Å². The monoisotopic (exact) mass is 494 g/mol. The van der Waals surface area contributed by atoms with Gasteiger partial charge in [-0.1, -0.05) is 42.5 Å². The van der Waals surface area contributed by atoms with Gasteiger partial charge in [0, 0.05) is 11.9 Å². The van der Waals surface area contributed by atoms with E-state index >= 15 is 0 Å². The van der Waals surface area contributed by atoms with Crippen LogP contribution in [0.3, 0.4) is 0 Å². The molecule has 0 atom stereocenters. The molecular formula is C33H26N4O. The predicted molar refractivity (Wildman–Crippen MR) is 154 cm³/mol. The maximum Gasteiger partial charge on any atom is 0.229 e. The van der Waals surface area contributed by atoms with Gasteiger partial charge >= 0.3 is 0 Å². The number of fused-ring (bicyclic) bond motifs is 4. The van der Waals surface area contributed by atoms with Crippen LogP contribution >= 0.6 is 0 Å². The number of hydrogen-bond donors (Lipinski definition) is 0. The van der Waals surface area contributed by atoms with Crippen LogP contribution in [-0.4, -0.2) is 19.5 Å². The molecule has 38 heavy (non-hydrogen) atoms. The molecule has 0 saturated carbocycles.